The minimum absolute atomic E-state index is 0.157. The van der Waals surface area contributed by atoms with Crippen molar-refractivity contribution in [3.8, 4) is 0 Å². The van der Waals surface area contributed by atoms with Gasteiger partial charge in [0.15, 0.2) is 12.6 Å². The van der Waals surface area contributed by atoms with E-state index >= 15 is 0 Å². The summed E-state index contributed by atoms with van der Waals surface area (Å²) in [5.41, 5.74) is 6.07. The maximum atomic E-state index is 7.40. The lowest BCUT2D eigenvalue weighted by molar-refractivity contribution is -0.372. The van der Waals surface area contributed by atoms with Crippen molar-refractivity contribution in [3.05, 3.63) is 215 Å². The van der Waals surface area contributed by atoms with Gasteiger partial charge in [-0.15, -0.1) is 0 Å². The van der Waals surface area contributed by atoms with Gasteiger partial charge < -0.3 is 47.4 Å². The molecule has 0 spiro atoms. The minimum atomic E-state index is -0.979. The van der Waals surface area contributed by atoms with E-state index in [0.717, 1.165) is 33.4 Å². The molecule has 0 amide bonds. The van der Waals surface area contributed by atoms with Gasteiger partial charge >= 0.3 is 0 Å². The van der Waals surface area contributed by atoms with Gasteiger partial charge in [-0.2, -0.15) is 0 Å². The molecule has 10 atom stereocenters. The molecule has 2 heterocycles. The fourth-order valence-electron chi connectivity index (χ4n) is 8.27. The van der Waals surface area contributed by atoms with E-state index in [1.807, 2.05) is 158 Å². The smallest absolute Gasteiger partial charge is 0.187 e. The van der Waals surface area contributed by atoms with E-state index in [0.29, 0.717) is 24.2 Å². The van der Waals surface area contributed by atoms with Crippen LogP contribution in [0, 0.1) is 0 Å². The Morgan fingerprint density at radius 1 is 0.364 bits per heavy atom. The molecule has 11 heteroatoms. The number of alkyl halides is 1. The van der Waals surface area contributed by atoms with Crippen molar-refractivity contribution in [2.75, 3.05) is 18.1 Å². The molecule has 0 saturated carbocycles. The third-order valence-electron chi connectivity index (χ3n) is 11.7. The molecule has 0 unspecified atom stereocenters. The van der Waals surface area contributed by atoms with Crippen molar-refractivity contribution >= 4 is 22.6 Å². The number of hydrogen-bond acceptors (Lipinski definition) is 10. The molecule has 2 saturated heterocycles. The average molecular weight is 1010 g/mol. The lowest BCUT2D eigenvalue weighted by Crippen LogP contribution is -2.66. The number of benzene rings is 6. The maximum Gasteiger partial charge on any atom is 0.187 e. The Kier molecular flexibility index (Phi) is 18.7. The predicted octanol–water partition coefficient (Wildman–Crippen LogP) is 10.0. The molecule has 8 rings (SSSR count). The van der Waals surface area contributed by atoms with Gasteiger partial charge in [-0.25, -0.2) is 0 Å². The summed E-state index contributed by atoms with van der Waals surface area (Å²) in [6.45, 7) is 2.03. The molecule has 346 valence electrons. The summed E-state index contributed by atoms with van der Waals surface area (Å²) < 4.78 is 69.0. The largest absolute Gasteiger partial charge is 0.374 e. The van der Waals surface area contributed by atoms with Crippen LogP contribution in [0.1, 0.15) is 33.4 Å². The second-order valence-electron chi connectivity index (χ2n) is 16.4. The third kappa shape index (κ3) is 13.6. The van der Waals surface area contributed by atoms with Gasteiger partial charge in [-0.05, 0) is 33.4 Å². The summed E-state index contributed by atoms with van der Waals surface area (Å²) in [7, 11) is 1.62. The van der Waals surface area contributed by atoms with E-state index in [1.54, 1.807) is 7.11 Å². The van der Waals surface area contributed by atoms with Gasteiger partial charge in [-0.1, -0.05) is 205 Å². The van der Waals surface area contributed by atoms with Crippen LogP contribution < -0.4 is 0 Å². The van der Waals surface area contributed by atoms with Crippen LogP contribution >= 0.6 is 22.6 Å². The number of methoxy groups -OCH3 is 1. The van der Waals surface area contributed by atoms with E-state index in [4.69, 9.17) is 47.4 Å². The monoisotopic (exact) mass is 1010 g/mol. The Hall–Kier alpha value is -4.35. The highest BCUT2D eigenvalue weighted by Crippen LogP contribution is 2.37. The fourth-order valence-corrected chi connectivity index (χ4v) is 8.98. The SMILES string of the molecule is CO[C@@H]1O[C@H](COCc2ccccc2)[C@@H](O[C@H]2O[C@H](CI)[C@@H](OCc3ccccc3)[C@H](OCc3ccccc3)[C@H]2OCc2ccccc2)[C@H](OCc2ccccc2)[C@H]1OCc1ccccc1. The molecule has 0 aromatic heterocycles. The Labute approximate surface area is 402 Å². The third-order valence-corrected chi connectivity index (χ3v) is 12.5. The first-order valence-corrected chi connectivity index (χ1v) is 24.1. The van der Waals surface area contributed by atoms with Crippen LogP contribution in [-0.4, -0.2) is 79.6 Å². The fraction of sp³-hybridized carbons (Fsp3) is 0.345. The molecule has 2 aliphatic rings. The first-order valence-electron chi connectivity index (χ1n) is 22.6. The molecular weight excluding hydrogens is 947 g/mol. The highest BCUT2D eigenvalue weighted by molar-refractivity contribution is 14.1. The topological polar surface area (TPSA) is 92.3 Å². The molecule has 0 N–H and O–H groups in total. The minimum Gasteiger partial charge on any atom is -0.374 e. The standard InChI is InChI=1S/C55H59IO10/c1-57-54-52(62-37-44-28-16-6-17-29-44)51(61-36-43-26-14-5-15-27-43)49(47(65-54)39-58-33-40-20-8-2-9-21-40)66-55-53(63-38-45-30-18-7-19-31-45)50(60-35-42-24-12-4-13-25-42)48(46(32-56)64-55)59-34-41-22-10-3-11-23-41/h2-31,46-55H,32-39H2,1H3/t46-,47-,48-,49-,50+,51+,52-,53-,54-,55-/m1/s1. The molecule has 2 fully saturated rings. The summed E-state index contributed by atoms with van der Waals surface area (Å²) in [6.07, 6.45) is -7.14. The number of ether oxygens (including phenoxy) is 10. The Morgan fingerprint density at radius 2 is 0.682 bits per heavy atom. The molecule has 0 aliphatic carbocycles. The molecule has 0 radical (unpaired) electrons. The van der Waals surface area contributed by atoms with E-state index in [-0.39, 0.29) is 26.4 Å². The first-order chi connectivity index (χ1) is 32.6. The lowest BCUT2D eigenvalue weighted by Gasteiger charge is -2.50. The van der Waals surface area contributed by atoms with Crippen LogP contribution in [-0.2, 0) is 87.0 Å². The molecule has 10 nitrogen and oxygen atoms in total. The summed E-state index contributed by atoms with van der Waals surface area (Å²) in [4.78, 5) is 0. The van der Waals surface area contributed by atoms with Crippen LogP contribution in [0.25, 0.3) is 0 Å². The van der Waals surface area contributed by atoms with Crippen LogP contribution in [0.15, 0.2) is 182 Å². The predicted molar refractivity (Wildman–Crippen MR) is 259 cm³/mol. The van der Waals surface area contributed by atoms with Crippen molar-refractivity contribution in [1.82, 2.24) is 0 Å². The average Bonchev–Trinajstić information content (AvgIpc) is 3.38. The van der Waals surface area contributed by atoms with Crippen molar-refractivity contribution in [2.45, 2.75) is 101 Å². The van der Waals surface area contributed by atoms with Crippen molar-refractivity contribution < 1.29 is 47.4 Å². The second kappa shape index (κ2) is 25.7. The van der Waals surface area contributed by atoms with Crippen LogP contribution in [0.5, 0.6) is 0 Å². The van der Waals surface area contributed by atoms with Crippen LogP contribution in [0.4, 0.5) is 0 Å². The van der Waals surface area contributed by atoms with Crippen LogP contribution in [0.3, 0.4) is 0 Å². The molecule has 6 aromatic rings. The van der Waals surface area contributed by atoms with Gasteiger partial charge in [0.25, 0.3) is 0 Å². The highest BCUT2D eigenvalue weighted by Gasteiger charge is 2.54. The summed E-state index contributed by atoms with van der Waals surface area (Å²) in [6, 6.07) is 60.5. The molecule has 6 aromatic carbocycles. The quantitative estimate of drug-likeness (QED) is 0.0457. The van der Waals surface area contributed by atoms with E-state index in [9.17, 15) is 0 Å². The molecule has 2 aliphatic heterocycles. The van der Waals surface area contributed by atoms with Crippen molar-refractivity contribution in [1.29, 1.82) is 0 Å². The molecular formula is C55H59IO10. The van der Waals surface area contributed by atoms with Gasteiger partial charge in [0.05, 0.1) is 52.4 Å². The molecule has 0 bridgehead atoms. The van der Waals surface area contributed by atoms with Gasteiger partial charge in [-0.3, -0.25) is 0 Å². The summed E-state index contributed by atoms with van der Waals surface area (Å²) in [5, 5.41) is 0. The first kappa shape index (κ1) is 48.1. The number of hydrogen-bond donors (Lipinski definition) is 0. The number of rotatable bonds is 23. The summed E-state index contributed by atoms with van der Waals surface area (Å²) in [5.74, 6) is 0. The summed E-state index contributed by atoms with van der Waals surface area (Å²) >= 11 is 2.36. The van der Waals surface area contributed by atoms with E-state index in [2.05, 4.69) is 46.9 Å². The number of halogens is 1. The Morgan fingerprint density at radius 3 is 1.06 bits per heavy atom. The van der Waals surface area contributed by atoms with E-state index < -0.39 is 61.4 Å². The Bertz CT molecular complexity index is 2230. The van der Waals surface area contributed by atoms with Gasteiger partial charge in [0, 0.05) is 11.5 Å². The van der Waals surface area contributed by atoms with Crippen molar-refractivity contribution in [2.24, 2.45) is 0 Å². The molecule has 66 heavy (non-hydrogen) atoms. The van der Waals surface area contributed by atoms with Crippen molar-refractivity contribution in [3.63, 3.8) is 0 Å². The second-order valence-corrected chi connectivity index (χ2v) is 17.3. The maximum absolute atomic E-state index is 7.40. The zero-order valence-electron chi connectivity index (χ0n) is 37.2. The van der Waals surface area contributed by atoms with Gasteiger partial charge in [0.1, 0.15) is 42.7 Å². The normalized spacial score (nSPS) is 25.4. The lowest BCUT2D eigenvalue weighted by atomic mass is 9.96. The van der Waals surface area contributed by atoms with Gasteiger partial charge in [0.2, 0.25) is 0 Å². The highest BCUT2D eigenvalue weighted by atomic mass is 127. The van der Waals surface area contributed by atoms with E-state index in [1.165, 1.54) is 0 Å². The van der Waals surface area contributed by atoms with Crippen LogP contribution in [0.2, 0.25) is 0 Å². The Balaban J connectivity index is 1.16. The zero-order chi connectivity index (χ0) is 45.2. The zero-order valence-corrected chi connectivity index (χ0v) is 39.4.